The molecule has 0 bridgehead atoms. The van der Waals surface area contributed by atoms with E-state index in [1.807, 2.05) is 58.7 Å². The fraction of sp³-hybridized carbons (Fsp3) is 0.250. The molecule has 126 valence electrons. The lowest BCUT2D eigenvalue weighted by Gasteiger charge is -2.35. The van der Waals surface area contributed by atoms with Crippen molar-refractivity contribution in [2.24, 2.45) is 10.4 Å². The molecule has 2 aromatic heterocycles. The maximum atomic E-state index is 12.6. The Morgan fingerprint density at radius 1 is 1.24 bits per heavy atom. The summed E-state index contributed by atoms with van der Waals surface area (Å²) in [5.41, 5.74) is 2.27. The maximum absolute atomic E-state index is 12.6. The Balaban J connectivity index is 1.85. The molecule has 5 heteroatoms. The van der Waals surface area contributed by atoms with Crippen LogP contribution in [0.15, 0.2) is 59.0 Å². The van der Waals surface area contributed by atoms with Gasteiger partial charge in [-0.2, -0.15) is 5.10 Å². The number of hydrogen-bond donors (Lipinski definition) is 0. The van der Waals surface area contributed by atoms with Crippen molar-refractivity contribution < 1.29 is 4.79 Å². The number of aromatic nitrogens is 2. The number of nitrogens with zero attached hydrogens (tertiary/aromatic N) is 3. The molecule has 0 N–H and O–H groups in total. The molecule has 1 aliphatic rings. The van der Waals surface area contributed by atoms with Crippen LogP contribution in [0, 0.1) is 5.41 Å². The number of aliphatic imine (C=N–C) groups is 1. The van der Waals surface area contributed by atoms with Crippen molar-refractivity contribution in [1.82, 2.24) is 9.78 Å². The first-order valence-electron chi connectivity index (χ1n) is 8.29. The lowest BCUT2D eigenvalue weighted by Crippen LogP contribution is -2.32. The van der Waals surface area contributed by atoms with Crippen LogP contribution in [0.3, 0.4) is 0 Å². The van der Waals surface area contributed by atoms with Gasteiger partial charge in [0.25, 0.3) is 0 Å². The van der Waals surface area contributed by atoms with E-state index >= 15 is 0 Å². The van der Waals surface area contributed by atoms with E-state index < -0.39 is 0 Å². The van der Waals surface area contributed by atoms with Gasteiger partial charge in [-0.25, -0.2) is 4.68 Å². The van der Waals surface area contributed by atoms with Gasteiger partial charge in [-0.05, 0) is 23.6 Å². The van der Waals surface area contributed by atoms with Gasteiger partial charge in [0.2, 0.25) is 0 Å². The summed E-state index contributed by atoms with van der Waals surface area (Å²) in [5, 5.41) is 6.54. The number of para-hydroxylation sites is 1. The molecule has 25 heavy (non-hydrogen) atoms. The topological polar surface area (TPSA) is 47.2 Å². The number of hydrogen-bond acceptors (Lipinski definition) is 4. The smallest absolute Gasteiger partial charge is 0.167 e. The van der Waals surface area contributed by atoms with E-state index in [4.69, 9.17) is 4.99 Å². The van der Waals surface area contributed by atoms with Crippen LogP contribution in [0.25, 0.3) is 5.69 Å². The minimum Gasteiger partial charge on any atom is -0.294 e. The molecule has 1 atom stereocenters. The van der Waals surface area contributed by atoms with Crippen molar-refractivity contribution in [2.45, 2.75) is 26.3 Å². The predicted octanol–water partition coefficient (Wildman–Crippen LogP) is 4.71. The van der Waals surface area contributed by atoms with Gasteiger partial charge in [0.15, 0.2) is 5.78 Å². The summed E-state index contributed by atoms with van der Waals surface area (Å²) in [6.45, 7) is 4.21. The Bertz CT molecular complexity index is 923. The van der Waals surface area contributed by atoms with Crippen LogP contribution in [-0.4, -0.2) is 21.8 Å². The molecule has 4 nitrogen and oxygen atoms in total. The maximum Gasteiger partial charge on any atom is 0.167 e. The number of fused-ring (bicyclic) bond motifs is 1. The number of rotatable bonds is 3. The molecule has 1 aromatic carbocycles. The van der Waals surface area contributed by atoms with Crippen LogP contribution in [0.1, 0.15) is 47.2 Å². The zero-order valence-corrected chi connectivity index (χ0v) is 15.0. The summed E-state index contributed by atoms with van der Waals surface area (Å²) in [4.78, 5) is 18.6. The Morgan fingerprint density at radius 2 is 2.04 bits per heavy atom. The zero-order valence-electron chi connectivity index (χ0n) is 14.2. The SMILES string of the molecule is CC1(C)CC(=O)c2cnn(-c3ccccc3)c2C1N=Cc1cccs1. The summed E-state index contributed by atoms with van der Waals surface area (Å²) in [6.07, 6.45) is 4.08. The first-order valence-corrected chi connectivity index (χ1v) is 9.17. The highest BCUT2D eigenvalue weighted by atomic mass is 32.1. The van der Waals surface area contributed by atoms with Gasteiger partial charge in [-0.1, -0.05) is 38.1 Å². The molecule has 1 aliphatic carbocycles. The van der Waals surface area contributed by atoms with Gasteiger partial charge in [-0.3, -0.25) is 9.79 Å². The minimum atomic E-state index is -0.260. The quantitative estimate of drug-likeness (QED) is 0.643. The third-order valence-electron chi connectivity index (χ3n) is 4.62. The average molecular weight is 349 g/mol. The fourth-order valence-electron chi connectivity index (χ4n) is 3.37. The molecule has 0 aliphatic heterocycles. The number of carbonyl (C=O) groups is 1. The highest BCUT2D eigenvalue weighted by Gasteiger charge is 2.42. The van der Waals surface area contributed by atoms with E-state index in [0.29, 0.717) is 12.0 Å². The van der Waals surface area contributed by atoms with Crippen LogP contribution >= 0.6 is 11.3 Å². The van der Waals surface area contributed by atoms with Crippen molar-refractivity contribution in [3.8, 4) is 5.69 Å². The van der Waals surface area contributed by atoms with E-state index in [9.17, 15) is 4.79 Å². The number of ketones is 1. The minimum absolute atomic E-state index is 0.120. The summed E-state index contributed by atoms with van der Waals surface area (Å²) in [5.74, 6) is 0.143. The number of benzene rings is 1. The van der Waals surface area contributed by atoms with Crippen molar-refractivity contribution >= 4 is 23.3 Å². The summed E-state index contributed by atoms with van der Waals surface area (Å²) in [7, 11) is 0. The molecule has 0 radical (unpaired) electrons. The highest BCUT2D eigenvalue weighted by Crippen LogP contribution is 2.46. The standard InChI is InChI=1S/C20H19N3OS/c1-20(2)11-17(24)16-13-22-23(14-7-4-3-5-8-14)18(16)19(20)21-12-15-9-6-10-25-15/h3-10,12-13,19H,11H2,1-2H3. The van der Waals surface area contributed by atoms with Crippen LogP contribution < -0.4 is 0 Å². The number of Topliss-reactive ketones (excluding diaryl/α,β-unsaturated/α-hetero) is 1. The predicted molar refractivity (Wildman–Crippen MR) is 101 cm³/mol. The van der Waals surface area contributed by atoms with E-state index in [1.54, 1.807) is 17.5 Å². The Kier molecular flexibility index (Phi) is 3.88. The Morgan fingerprint density at radius 3 is 2.76 bits per heavy atom. The summed E-state index contributed by atoms with van der Waals surface area (Å²) < 4.78 is 1.87. The number of thiophene rings is 1. The van der Waals surface area contributed by atoms with E-state index in [2.05, 4.69) is 18.9 Å². The van der Waals surface area contributed by atoms with Crippen LogP contribution in [0.4, 0.5) is 0 Å². The van der Waals surface area contributed by atoms with Crippen molar-refractivity contribution in [2.75, 3.05) is 0 Å². The van der Waals surface area contributed by atoms with Gasteiger partial charge >= 0.3 is 0 Å². The van der Waals surface area contributed by atoms with Gasteiger partial charge in [-0.15, -0.1) is 11.3 Å². The normalized spacial score (nSPS) is 19.3. The summed E-state index contributed by atoms with van der Waals surface area (Å²) in [6, 6.07) is 13.9. The van der Waals surface area contributed by atoms with Crippen molar-refractivity contribution in [3.63, 3.8) is 0 Å². The molecule has 0 amide bonds. The van der Waals surface area contributed by atoms with Crippen LogP contribution in [0.2, 0.25) is 0 Å². The highest BCUT2D eigenvalue weighted by molar-refractivity contribution is 7.11. The molecule has 0 spiro atoms. The van der Waals surface area contributed by atoms with Gasteiger partial charge in [0.05, 0.1) is 29.2 Å². The van der Waals surface area contributed by atoms with E-state index in [1.165, 1.54) is 0 Å². The second-order valence-corrected chi connectivity index (χ2v) is 7.95. The first kappa shape index (κ1) is 16.0. The largest absolute Gasteiger partial charge is 0.294 e. The van der Waals surface area contributed by atoms with Gasteiger partial charge in [0.1, 0.15) is 0 Å². The third-order valence-corrected chi connectivity index (χ3v) is 5.42. The molecular formula is C20H19N3OS. The first-order chi connectivity index (χ1) is 12.1. The Labute approximate surface area is 150 Å². The van der Waals surface area contributed by atoms with Crippen molar-refractivity contribution in [3.05, 3.63) is 70.2 Å². The van der Waals surface area contributed by atoms with E-state index in [-0.39, 0.29) is 17.2 Å². The van der Waals surface area contributed by atoms with Gasteiger partial charge < -0.3 is 0 Å². The monoisotopic (exact) mass is 349 g/mol. The van der Waals surface area contributed by atoms with Gasteiger partial charge in [0, 0.05) is 22.9 Å². The molecule has 4 rings (SSSR count). The van der Waals surface area contributed by atoms with E-state index in [0.717, 1.165) is 16.3 Å². The Hall–Kier alpha value is -2.53. The molecule has 0 saturated carbocycles. The lowest BCUT2D eigenvalue weighted by molar-refractivity contribution is 0.0884. The second-order valence-electron chi connectivity index (χ2n) is 6.98. The third kappa shape index (κ3) is 2.85. The van der Waals surface area contributed by atoms with Crippen molar-refractivity contribution in [1.29, 1.82) is 0 Å². The molecule has 3 aromatic rings. The second kappa shape index (κ2) is 6.08. The zero-order chi connectivity index (χ0) is 17.4. The average Bonchev–Trinajstić information content (AvgIpc) is 3.24. The molecule has 0 saturated heterocycles. The molecule has 1 unspecified atom stereocenters. The van der Waals surface area contributed by atoms with Crippen LogP contribution in [-0.2, 0) is 0 Å². The molecule has 0 fully saturated rings. The molecular weight excluding hydrogens is 330 g/mol. The lowest BCUT2D eigenvalue weighted by atomic mass is 9.72. The fourth-order valence-corrected chi connectivity index (χ4v) is 3.96. The summed E-state index contributed by atoms with van der Waals surface area (Å²) >= 11 is 1.66. The number of carbonyl (C=O) groups excluding carboxylic acids is 1. The van der Waals surface area contributed by atoms with Crippen LogP contribution in [0.5, 0.6) is 0 Å². The molecule has 2 heterocycles.